The molecule has 1 aromatic heterocycles. The Morgan fingerprint density at radius 1 is 0.974 bits per heavy atom. The van der Waals surface area contributed by atoms with E-state index in [1.807, 2.05) is 0 Å². The number of anilines is 1. The van der Waals surface area contributed by atoms with Crippen molar-refractivity contribution in [1.82, 2.24) is 4.98 Å². The van der Waals surface area contributed by atoms with Gasteiger partial charge in [0.2, 0.25) is 5.75 Å². The highest BCUT2D eigenvalue weighted by Crippen LogP contribution is 2.48. The van der Waals surface area contributed by atoms with Gasteiger partial charge >= 0.3 is 5.91 Å². The third-order valence-electron chi connectivity index (χ3n) is 6.12. The standard InChI is InChI=1S/C27H26N2O8S/c1-13-25(14(2)30)38-27(28-13)29-21(16-11-18(35-4)24(37-6)19(12-16)36-5)20(23(32)26(29)33)22(31)15-7-9-17(34-3)10-8-15/h7-12,21,31H,1-6H3/b22-20-. The van der Waals surface area contributed by atoms with Crippen molar-refractivity contribution >= 4 is 39.7 Å². The molecule has 38 heavy (non-hydrogen) atoms. The molecular formula is C27H26N2O8S. The van der Waals surface area contributed by atoms with Crippen LogP contribution in [0.5, 0.6) is 23.0 Å². The van der Waals surface area contributed by atoms with Crippen LogP contribution in [0.15, 0.2) is 42.0 Å². The molecule has 1 unspecified atom stereocenters. The van der Waals surface area contributed by atoms with Gasteiger partial charge in [-0.25, -0.2) is 4.98 Å². The zero-order chi connectivity index (χ0) is 27.7. The zero-order valence-corrected chi connectivity index (χ0v) is 22.5. The molecule has 0 saturated carbocycles. The van der Waals surface area contributed by atoms with Crippen molar-refractivity contribution in [3.63, 3.8) is 0 Å². The lowest BCUT2D eigenvalue weighted by molar-refractivity contribution is -0.132. The van der Waals surface area contributed by atoms with Gasteiger partial charge in [0, 0.05) is 12.5 Å². The molecule has 1 fully saturated rings. The molecule has 198 valence electrons. The highest BCUT2D eigenvalue weighted by molar-refractivity contribution is 7.18. The van der Waals surface area contributed by atoms with Crippen LogP contribution in [0.1, 0.15) is 39.5 Å². The topological polar surface area (TPSA) is 124 Å². The number of aryl methyl sites for hydroxylation is 1. The molecule has 11 heteroatoms. The van der Waals surface area contributed by atoms with Gasteiger partial charge in [-0.3, -0.25) is 19.3 Å². The van der Waals surface area contributed by atoms with E-state index in [0.29, 0.717) is 33.2 Å². The van der Waals surface area contributed by atoms with E-state index in [0.717, 1.165) is 11.3 Å². The highest BCUT2D eigenvalue weighted by atomic mass is 32.1. The molecule has 4 rings (SSSR count). The molecule has 1 aliphatic heterocycles. The van der Waals surface area contributed by atoms with Crippen LogP contribution in [-0.2, 0) is 9.59 Å². The van der Waals surface area contributed by atoms with Gasteiger partial charge in [0.25, 0.3) is 5.78 Å². The van der Waals surface area contributed by atoms with Crippen LogP contribution in [0, 0.1) is 6.92 Å². The average molecular weight is 539 g/mol. The molecule has 2 heterocycles. The number of aliphatic hydroxyl groups is 1. The maximum atomic E-state index is 13.5. The summed E-state index contributed by atoms with van der Waals surface area (Å²) < 4.78 is 21.6. The van der Waals surface area contributed by atoms with Crippen molar-refractivity contribution in [3.05, 3.63) is 63.7 Å². The molecule has 3 aromatic rings. The number of ether oxygens (including phenoxy) is 4. The van der Waals surface area contributed by atoms with Crippen LogP contribution in [0.4, 0.5) is 5.13 Å². The summed E-state index contributed by atoms with van der Waals surface area (Å²) in [6, 6.07) is 8.49. The molecule has 1 saturated heterocycles. The second kappa shape index (κ2) is 10.5. The number of benzene rings is 2. The number of ketones is 2. The summed E-state index contributed by atoms with van der Waals surface area (Å²) in [7, 11) is 5.85. The van der Waals surface area contributed by atoms with Gasteiger partial charge in [0.15, 0.2) is 22.4 Å². The number of hydrogen-bond acceptors (Lipinski definition) is 10. The fourth-order valence-corrected chi connectivity index (χ4v) is 5.31. The van der Waals surface area contributed by atoms with E-state index in [1.165, 1.54) is 40.3 Å². The molecule has 0 radical (unpaired) electrons. The molecule has 1 N–H and O–H groups in total. The second-order valence-corrected chi connectivity index (χ2v) is 9.30. The van der Waals surface area contributed by atoms with Gasteiger partial charge in [-0.15, -0.1) is 0 Å². The van der Waals surface area contributed by atoms with Crippen LogP contribution in [0.3, 0.4) is 0 Å². The van der Waals surface area contributed by atoms with E-state index in [9.17, 15) is 19.5 Å². The monoisotopic (exact) mass is 538 g/mol. The van der Waals surface area contributed by atoms with Crippen molar-refractivity contribution < 1.29 is 38.4 Å². The van der Waals surface area contributed by atoms with Crippen LogP contribution in [0.2, 0.25) is 0 Å². The fraction of sp³-hybridized carbons (Fsp3) is 0.259. The number of rotatable bonds is 8. The molecule has 10 nitrogen and oxygen atoms in total. The van der Waals surface area contributed by atoms with Crippen molar-refractivity contribution in [2.75, 3.05) is 33.3 Å². The Labute approximate surface area is 223 Å². The lowest BCUT2D eigenvalue weighted by Gasteiger charge is -2.24. The lowest BCUT2D eigenvalue weighted by atomic mass is 9.94. The number of thiazole rings is 1. The van der Waals surface area contributed by atoms with E-state index in [4.69, 9.17) is 18.9 Å². The third-order valence-corrected chi connectivity index (χ3v) is 7.38. The average Bonchev–Trinajstić information content (AvgIpc) is 3.43. The predicted molar refractivity (Wildman–Crippen MR) is 141 cm³/mol. The number of amides is 1. The first kappa shape index (κ1) is 26.7. The number of aromatic nitrogens is 1. The van der Waals surface area contributed by atoms with Crippen LogP contribution in [0.25, 0.3) is 5.76 Å². The van der Waals surface area contributed by atoms with Crippen LogP contribution in [-0.4, -0.2) is 56.0 Å². The molecule has 1 atom stereocenters. The number of carbonyl (C=O) groups is 3. The summed E-state index contributed by atoms with van der Waals surface area (Å²) in [5.41, 5.74) is 0.969. The van der Waals surface area contributed by atoms with Crippen molar-refractivity contribution in [2.24, 2.45) is 0 Å². The van der Waals surface area contributed by atoms with E-state index in [-0.39, 0.29) is 33.7 Å². The molecular weight excluding hydrogens is 512 g/mol. The normalized spacial score (nSPS) is 16.5. The Morgan fingerprint density at radius 2 is 1.58 bits per heavy atom. The summed E-state index contributed by atoms with van der Waals surface area (Å²) in [5.74, 6) is -0.962. The maximum absolute atomic E-state index is 13.5. The van der Waals surface area contributed by atoms with E-state index < -0.39 is 17.7 Å². The van der Waals surface area contributed by atoms with Gasteiger partial charge < -0.3 is 24.1 Å². The second-order valence-electron chi connectivity index (χ2n) is 8.32. The zero-order valence-electron chi connectivity index (χ0n) is 21.6. The van der Waals surface area contributed by atoms with E-state index in [1.54, 1.807) is 43.3 Å². The number of carbonyl (C=O) groups excluding carboxylic acids is 3. The quantitative estimate of drug-likeness (QED) is 0.193. The smallest absolute Gasteiger partial charge is 0.301 e. The highest BCUT2D eigenvalue weighted by Gasteiger charge is 2.49. The Bertz CT molecular complexity index is 1430. The Morgan fingerprint density at radius 3 is 2.05 bits per heavy atom. The minimum Gasteiger partial charge on any atom is -0.507 e. The summed E-state index contributed by atoms with van der Waals surface area (Å²) in [6.07, 6.45) is 0. The van der Waals surface area contributed by atoms with Crippen molar-refractivity contribution in [1.29, 1.82) is 0 Å². The van der Waals surface area contributed by atoms with Crippen LogP contribution < -0.4 is 23.8 Å². The van der Waals surface area contributed by atoms with Gasteiger partial charge in [0.1, 0.15) is 11.5 Å². The van der Waals surface area contributed by atoms with Gasteiger partial charge in [-0.05, 0) is 48.9 Å². The maximum Gasteiger partial charge on any atom is 0.301 e. The third kappa shape index (κ3) is 4.45. The molecule has 0 spiro atoms. The Balaban J connectivity index is 2.01. The van der Waals surface area contributed by atoms with Crippen molar-refractivity contribution in [3.8, 4) is 23.0 Å². The lowest BCUT2D eigenvalue weighted by Crippen LogP contribution is -2.29. The largest absolute Gasteiger partial charge is 0.507 e. The number of methoxy groups -OCH3 is 4. The Hall–Kier alpha value is -4.38. The minimum atomic E-state index is -1.11. The molecule has 1 aliphatic rings. The fourth-order valence-electron chi connectivity index (χ4n) is 4.32. The summed E-state index contributed by atoms with van der Waals surface area (Å²) in [5, 5.41) is 11.5. The van der Waals surface area contributed by atoms with Gasteiger partial charge in [-0.1, -0.05) is 11.3 Å². The van der Waals surface area contributed by atoms with E-state index in [2.05, 4.69) is 4.98 Å². The number of Topliss-reactive ketones (excluding diaryl/α,β-unsaturated/α-hetero) is 2. The first-order valence-corrected chi connectivity index (χ1v) is 12.2. The Kier molecular flexibility index (Phi) is 7.40. The summed E-state index contributed by atoms with van der Waals surface area (Å²) >= 11 is 0.995. The molecule has 0 aliphatic carbocycles. The predicted octanol–water partition coefficient (Wildman–Crippen LogP) is 4.31. The van der Waals surface area contributed by atoms with Crippen molar-refractivity contribution in [2.45, 2.75) is 19.9 Å². The first-order valence-electron chi connectivity index (χ1n) is 11.4. The minimum absolute atomic E-state index is 0.141. The molecule has 2 aromatic carbocycles. The first-order chi connectivity index (χ1) is 18.2. The number of nitrogens with zero attached hydrogens (tertiary/aromatic N) is 2. The number of aliphatic hydroxyl groups excluding tert-OH is 1. The van der Waals surface area contributed by atoms with Gasteiger partial charge in [0.05, 0.1) is 50.6 Å². The molecule has 0 bridgehead atoms. The SMILES string of the molecule is COc1ccc(/C(O)=C2/C(=O)C(=O)N(c3nc(C)c(C(C)=O)s3)C2c2cc(OC)c(OC)c(OC)c2)cc1. The molecule has 1 amide bonds. The van der Waals surface area contributed by atoms with Crippen LogP contribution >= 0.6 is 11.3 Å². The number of hydrogen-bond donors (Lipinski definition) is 1. The van der Waals surface area contributed by atoms with E-state index >= 15 is 0 Å². The van der Waals surface area contributed by atoms with Gasteiger partial charge in [-0.2, -0.15) is 0 Å². The summed E-state index contributed by atoms with van der Waals surface area (Å²) in [4.78, 5) is 45.0. The summed E-state index contributed by atoms with van der Waals surface area (Å²) in [6.45, 7) is 3.05.